The van der Waals surface area contributed by atoms with Gasteiger partial charge in [-0.25, -0.2) is 22.0 Å². The van der Waals surface area contributed by atoms with Gasteiger partial charge in [0.2, 0.25) is 0 Å². The van der Waals surface area contributed by atoms with Crippen molar-refractivity contribution in [3.05, 3.63) is 53.3 Å². The van der Waals surface area contributed by atoms with Crippen LogP contribution in [-0.2, 0) is 4.74 Å². The van der Waals surface area contributed by atoms with Crippen LogP contribution >= 0.6 is 0 Å². The molecule has 1 saturated carbocycles. The van der Waals surface area contributed by atoms with Crippen molar-refractivity contribution in [1.29, 1.82) is 0 Å². The minimum atomic E-state index is -3.01. The summed E-state index contributed by atoms with van der Waals surface area (Å²) in [7, 11) is 0.941. The summed E-state index contributed by atoms with van der Waals surface area (Å²) in [5, 5.41) is 22.2. The standard InChI is InChI=1S/C42H51F5N4O4Si/c1-24(2)56(25(3)4,26(5)6)15-12-29-32(43)11-10-27-16-28(52)17-30(34(27)29)35-33(44)18-31-37(36(35)45)48-39(55-23-41(21-50(8)9)19-42(41,46)47)49-38(31)51-13-14-54-22-40(7,53)20-51/h10-11,16-18,24-26,52-53H,13-14,19-23H2,1-9H3/t40?,41-/m1/s1. The molecule has 1 aliphatic carbocycles. The Hall–Kier alpha value is -4.03. The fraction of sp³-hybridized carbons (Fsp3) is 0.524. The van der Waals surface area contributed by atoms with Gasteiger partial charge in [0.05, 0.1) is 36.3 Å². The summed E-state index contributed by atoms with van der Waals surface area (Å²) in [5.41, 5.74) is 0.0788. The molecule has 0 bridgehead atoms. The number of ether oxygens (including phenoxy) is 2. The number of fused-ring (bicyclic) bond motifs is 2. The monoisotopic (exact) mass is 798 g/mol. The molecule has 0 amide bonds. The third-order valence-electron chi connectivity index (χ3n) is 11.5. The maximum absolute atomic E-state index is 17.3. The van der Waals surface area contributed by atoms with Crippen LogP contribution in [0, 0.1) is 34.3 Å². The first-order valence-electron chi connectivity index (χ1n) is 19.0. The molecular weight excluding hydrogens is 748 g/mol. The normalized spacial score (nSPS) is 21.3. The summed E-state index contributed by atoms with van der Waals surface area (Å²) < 4.78 is 91.0. The molecule has 3 aromatic carbocycles. The first-order chi connectivity index (χ1) is 26.1. The summed E-state index contributed by atoms with van der Waals surface area (Å²) in [6.45, 7) is 14.1. The summed E-state index contributed by atoms with van der Waals surface area (Å²) in [5.74, 6) is -3.10. The molecule has 4 aromatic rings. The fourth-order valence-electron chi connectivity index (χ4n) is 8.81. The lowest BCUT2D eigenvalue weighted by Crippen LogP contribution is -2.43. The second-order valence-corrected chi connectivity index (χ2v) is 22.7. The molecule has 2 N–H and O–H groups in total. The van der Waals surface area contributed by atoms with Crippen LogP contribution in [0.2, 0.25) is 16.6 Å². The predicted octanol–water partition coefficient (Wildman–Crippen LogP) is 8.70. The Balaban J connectivity index is 1.60. The van der Waals surface area contributed by atoms with E-state index in [2.05, 4.69) is 63.0 Å². The van der Waals surface area contributed by atoms with E-state index in [9.17, 15) is 19.0 Å². The highest BCUT2D eigenvalue weighted by molar-refractivity contribution is 6.90. The molecule has 8 nitrogen and oxygen atoms in total. The highest BCUT2D eigenvalue weighted by atomic mass is 28.3. The molecule has 6 rings (SSSR count). The van der Waals surface area contributed by atoms with Gasteiger partial charge in [-0.3, -0.25) is 0 Å². The van der Waals surface area contributed by atoms with Crippen LogP contribution < -0.4 is 9.64 Å². The number of aliphatic hydroxyl groups is 1. The number of phenolic OH excluding ortho intramolecular Hbond substituents is 1. The molecule has 56 heavy (non-hydrogen) atoms. The number of phenols is 1. The van der Waals surface area contributed by atoms with Crippen molar-refractivity contribution >= 4 is 35.6 Å². The van der Waals surface area contributed by atoms with Gasteiger partial charge in [0.15, 0.2) is 5.82 Å². The summed E-state index contributed by atoms with van der Waals surface area (Å²) in [4.78, 5) is 12.0. The Morgan fingerprint density at radius 3 is 2.27 bits per heavy atom. The summed E-state index contributed by atoms with van der Waals surface area (Å²) in [6.07, 6.45) is -0.420. The molecule has 2 heterocycles. The van der Waals surface area contributed by atoms with Gasteiger partial charge >= 0.3 is 6.01 Å². The predicted molar refractivity (Wildman–Crippen MR) is 212 cm³/mol. The molecule has 2 fully saturated rings. The van der Waals surface area contributed by atoms with Crippen molar-refractivity contribution in [1.82, 2.24) is 14.9 Å². The van der Waals surface area contributed by atoms with Crippen molar-refractivity contribution < 1.29 is 41.6 Å². The highest BCUT2D eigenvalue weighted by Crippen LogP contribution is 2.60. The minimum absolute atomic E-state index is 0.0000589. The van der Waals surface area contributed by atoms with E-state index < -0.39 is 72.6 Å². The number of hydrogen-bond acceptors (Lipinski definition) is 8. The minimum Gasteiger partial charge on any atom is -0.508 e. The van der Waals surface area contributed by atoms with Crippen LogP contribution in [0.15, 0.2) is 30.3 Å². The van der Waals surface area contributed by atoms with Gasteiger partial charge in [0.25, 0.3) is 5.92 Å². The van der Waals surface area contributed by atoms with Gasteiger partial charge in [0, 0.05) is 35.8 Å². The number of alkyl halides is 2. The SMILES string of the molecule is CC(C)[Si](C#Cc1c(F)ccc2cc(O)cc(-c3c(F)cc4c(N5CCOCC(C)(O)C5)nc(OC[C@]5(CN(C)C)CC5(F)F)nc4c3F)c12)(C(C)C)C(C)C. The Morgan fingerprint density at radius 1 is 1.00 bits per heavy atom. The first kappa shape index (κ1) is 41.6. The average Bonchev–Trinajstić information content (AvgIpc) is 3.69. The van der Waals surface area contributed by atoms with Crippen LogP contribution in [0.25, 0.3) is 32.8 Å². The topological polar surface area (TPSA) is 91.2 Å². The Labute approximate surface area is 326 Å². The van der Waals surface area contributed by atoms with E-state index in [-0.39, 0.29) is 82.9 Å². The molecule has 1 unspecified atom stereocenters. The zero-order chi connectivity index (χ0) is 41.1. The smallest absolute Gasteiger partial charge is 0.319 e. The van der Waals surface area contributed by atoms with Crippen molar-refractivity contribution in [2.75, 3.05) is 58.5 Å². The maximum atomic E-state index is 17.3. The lowest BCUT2D eigenvalue weighted by molar-refractivity contribution is -0.0123. The Bertz CT molecular complexity index is 2200. The van der Waals surface area contributed by atoms with E-state index in [1.54, 1.807) is 30.8 Å². The number of anilines is 1. The van der Waals surface area contributed by atoms with Gasteiger partial charge in [0.1, 0.15) is 49.0 Å². The number of β-amino-alcohol motifs (C(OH)–C–C–N with tert-alkyl or cyclic N) is 1. The van der Waals surface area contributed by atoms with Crippen LogP contribution in [-0.4, -0.2) is 98.2 Å². The zero-order valence-electron chi connectivity index (χ0n) is 33.5. The van der Waals surface area contributed by atoms with E-state index in [1.165, 1.54) is 24.3 Å². The van der Waals surface area contributed by atoms with Crippen LogP contribution in [0.3, 0.4) is 0 Å². The average molecular weight is 799 g/mol. The molecule has 1 aromatic heterocycles. The largest absolute Gasteiger partial charge is 0.508 e. The molecular formula is C42H51F5N4O4Si. The van der Waals surface area contributed by atoms with Crippen molar-refractivity contribution in [3.63, 3.8) is 0 Å². The van der Waals surface area contributed by atoms with E-state index in [0.29, 0.717) is 5.39 Å². The lowest BCUT2D eigenvalue weighted by atomic mass is 9.92. The van der Waals surface area contributed by atoms with E-state index in [4.69, 9.17) is 9.47 Å². The number of rotatable bonds is 10. The number of nitrogens with zero attached hydrogens (tertiary/aromatic N) is 4. The Kier molecular flexibility index (Phi) is 11.2. The van der Waals surface area contributed by atoms with Crippen molar-refractivity contribution in [2.24, 2.45) is 5.41 Å². The highest BCUT2D eigenvalue weighted by Gasteiger charge is 2.71. The molecule has 0 radical (unpaired) electrons. The van der Waals surface area contributed by atoms with Crippen LogP contribution in [0.4, 0.5) is 27.8 Å². The zero-order valence-corrected chi connectivity index (χ0v) is 34.5. The van der Waals surface area contributed by atoms with E-state index >= 15 is 13.2 Å². The molecule has 302 valence electrons. The molecule has 14 heteroatoms. The van der Waals surface area contributed by atoms with Gasteiger partial charge < -0.3 is 29.5 Å². The molecule has 2 aliphatic rings. The number of halogens is 5. The second kappa shape index (κ2) is 15.0. The van der Waals surface area contributed by atoms with Crippen LogP contribution in [0.5, 0.6) is 11.8 Å². The van der Waals surface area contributed by atoms with Gasteiger partial charge in [-0.15, -0.1) is 5.54 Å². The van der Waals surface area contributed by atoms with Crippen molar-refractivity contribution in [3.8, 4) is 34.4 Å². The quantitative estimate of drug-likeness (QED) is 0.0937. The third kappa shape index (κ3) is 7.55. The van der Waals surface area contributed by atoms with Crippen molar-refractivity contribution in [2.45, 2.75) is 83.0 Å². The summed E-state index contributed by atoms with van der Waals surface area (Å²) >= 11 is 0. The second-order valence-electron chi connectivity index (χ2n) is 17.1. The van der Waals surface area contributed by atoms with Gasteiger partial charge in [-0.05, 0) is 67.3 Å². The van der Waals surface area contributed by atoms with E-state index in [1.807, 2.05) is 0 Å². The van der Waals surface area contributed by atoms with Gasteiger partial charge in [-0.1, -0.05) is 53.5 Å². The number of hydrogen-bond donors (Lipinski definition) is 2. The maximum Gasteiger partial charge on any atom is 0.319 e. The van der Waals surface area contributed by atoms with E-state index in [0.717, 1.165) is 6.07 Å². The van der Waals surface area contributed by atoms with Gasteiger partial charge in [-0.2, -0.15) is 9.97 Å². The molecule has 0 spiro atoms. The first-order valence-corrected chi connectivity index (χ1v) is 21.2. The molecule has 1 saturated heterocycles. The molecule has 2 atom stereocenters. The molecule has 1 aliphatic heterocycles. The van der Waals surface area contributed by atoms with Crippen LogP contribution in [0.1, 0.15) is 60.5 Å². The fourth-order valence-corrected chi connectivity index (χ4v) is 14.0. The number of benzene rings is 3. The number of aromatic hydroxyl groups is 1. The Morgan fingerprint density at radius 2 is 1.66 bits per heavy atom. The number of aromatic nitrogens is 2. The third-order valence-corrected chi connectivity index (χ3v) is 17.8. The lowest BCUT2D eigenvalue weighted by Gasteiger charge is -2.38. The summed E-state index contributed by atoms with van der Waals surface area (Å²) in [6, 6.07) is 5.82.